The van der Waals surface area contributed by atoms with E-state index in [2.05, 4.69) is 23.5 Å². The van der Waals surface area contributed by atoms with Crippen molar-refractivity contribution in [1.29, 1.82) is 5.26 Å². The molecule has 0 aliphatic heterocycles. The van der Waals surface area contributed by atoms with Gasteiger partial charge in [0.2, 0.25) is 10.0 Å². The molecule has 6 heteroatoms. The summed E-state index contributed by atoms with van der Waals surface area (Å²) in [4.78, 5) is 2.08. The lowest BCUT2D eigenvalue weighted by Crippen LogP contribution is -2.37. The minimum atomic E-state index is -3.40. The molecule has 0 aromatic heterocycles. The molecule has 0 spiro atoms. The Morgan fingerprint density at radius 2 is 2.13 bits per heavy atom. The normalized spacial score (nSPS) is 13.8. The van der Waals surface area contributed by atoms with Gasteiger partial charge in [0.15, 0.2) is 5.75 Å². The lowest BCUT2D eigenvalue weighted by Gasteiger charge is -2.23. The fourth-order valence-corrected chi connectivity index (χ4v) is 1.72. The molecule has 0 rings (SSSR count). The SMILES string of the molecule is CCC(C)N(C)CCNS(=O)(=O)CC#N. The monoisotopic (exact) mass is 233 g/mol. The topological polar surface area (TPSA) is 73.2 Å². The van der Waals surface area contributed by atoms with Crippen molar-refractivity contribution in [3.05, 3.63) is 0 Å². The van der Waals surface area contributed by atoms with Crippen LogP contribution in [-0.2, 0) is 10.0 Å². The zero-order valence-electron chi connectivity index (χ0n) is 9.52. The van der Waals surface area contributed by atoms with Crippen molar-refractivity contribution in [3.63, 3.8) is 0 Å². The van der Waals surface area contributed by atoms with E-state index in [1.807, 2.05) is 7.05 Å². The first-order valence-corrected chi connectivity index (χ1v) is 6.62. The molecular formula is C9H19N3O2S. The van der Waals surface area contributed by atoms with Crippen molar-refractivity contribution in [3.8, 4) is 6.07 Å². The summed E-state index contributed by atoms with van der Waals surface area (Å²) in [6.45, 7) is 5.18. The first-order chi connectivity index (χ1) is 6.93. The van der Waals surface area contributed by atoms with Gasteiger partial charge < -0.3 is 4.90 Å². The van der Waals surface area contributed by atoms with Crippen LogP contribution in [0.3, 0.4) is 0 Å². The van der Waals surface area contributed by atoms with Crippen molar-refractivity contribution in [2.24, 2.45) is 0 Å². The summed E-state index contributed by atoms with van der Waals surface area (Å²) in [7, 11) is -1.45. The molecule has 0 amide bonds. The van der Waals surface area contributed by atoms with E-state index in [0.717, 1.165) is 6.42 Å². The Morgan fingerprint density at radius 3 is 2.60 bits per heavy atom. The number of nitrogens with one attached hydrogen (secondary N) is 1. The molecule has 0 heterocycles. The van der Waals surface area contributed by atoms with Crippen molar-refractivity contribution < 1.29 is 8.42 Å². The van der Waals surface area contributed by atoms with Gasteiger partial charge in [-0.1, -0.05) is 6.92 Å². The van der Waals surface area contributed by atoms with Gasteiger partial charge in [-0.3, -0.25) is 0 Å². The third-order valence-electron chi connectivity index (χ3n) is 2.38. The fourth-order valence-electron chi connectivity index (χ4n) is 1.05. The average molecular weight is 233 g/mol. The second-order valence-corrected chi connectivity index (χ2v) is 5.36. The minimum absolute atomic E-state index is 0.352. The molecule has 0 bridgehead atoms. The highest BCUT2D eigenvalue weighted by atomic mass is 32.2. The molecule has 0 aromatic rings. The molecule has 0 aliphatic rings. The summed E-state index contributed by atoms with van der Waals surface area (Å²) < 4.78 is 24.6. The van der Waals surface area contributed by atoms with Crippen molar-refractivity contribution in [2.45, 2.75) is 26.3 Å². The first-order valence-electron chi connectivity index (χ1n) is 4.97. The highest BCUT2D eigenvalue weighted by Gasteiger charge is 2.10. The highest BCUT2D eigenvalue weighted by molar-refractivity contribution is 7.89. The number of nitrogens with zero attached hydrogens (tertiary/aromatic N) is 2. The summed E-state index contributed by atoms with van der Waals surface area (Å²) in [6.07, 6.45) is 1.03. The van der Waals surface area contributed by atoms with Gasteiger partial charge in [0.1, 0.15) is 0 Å². The summed E-state index contributed by atoms with van der Waals surface area (Å²) in [5.74, 6) is -0.472. The Morgan fingerprint density at radius 1 is 1.53 bits per heavy atom. The third kappa shape index (κ3) is 6.44. The van der Waals surface area contributed by atoms with Gasteiger partial charge in [-0.25, -0.2) is 13.1 Å². The fraction of sp³-hybridized carbons (Fsp3) is 0.889. The van der Waals surface area contributed by atoms with Gasteiger partial charge in [0, 0.05) is 19.1 Å². The molecule has 0 fully saturated rings. The van der Waals surface area contributed by atoms with Crippen LogP contribution >= 0.6 is 0 Å². The Labute approximate surface area is 92.1 Å². The molecule has 0 radical (unpaired) electrons. The van der Waals surface area contributed by atoms with Crippen LogP contribution in [0.2, 0.25) is 0 Å². The maximum atomic E-state index is 11.1. The zero-order chi connectivity index (χ0) is 11.9. The molecule has 1 N–H and O–H groups in total. The van der Waals surface area contributed by atoms with Crippen molar-refractivity contribution in [1.82, 2.24) is 9.62 Å². The van der Waals surface area contributed by atoms with E-state index in [1.165, 1.54) is 0 Å². The van der Waals surface area contributed by atoms with E-state index < -0.39 is 15.8 Å². The second-order valence-electron chi connectivity index (χ2n) is 3.55. The molecule has 0 saturated carbocycles. The Bertz CT molecular complexity index is 308. The summed E-state index contributed by atoms with van der Waals surface area (Å²) in [5, 5.41) is 8.26. The van der Waals surface area contributed by atoms with E-state index in [0.29, 0.717) is 19.1 Å². The van der Waals surface area contributed by atoms with E-state index in [1.54, 1.807) is 6.07 Å². The maximum absolute atomic E-state index is 11.1. The Hall–Kier alpha value is -0.640. The maximum Gasteiger partial charge on any atom is 0.225 e. The summed E-state index contributed by atoms with van der Waals surface area (Å²) >= 11 is 0. The van der Waals surface area contributed by atoms with Crippen LogP contribution in [0.1, 0.15) is 20.3 Å². The quantitative estimate of drug-likeness (QED) is 0.680. The van der Waals surface area contributed by atoms with Crippen molar-refractivity contribution >= 4 is 10.0 Å². The number of rotatable bonds is 7. The number of sulfonamides is 1. The lowest BCUT2D eigenvalue weighted by atomic mass is 10.2. The van der Waals surface area contributed by atoms with Gasteiger partial charge in [-0.05, 0) is 20.4 Å². The van der Waals surface area contributed by atoms with Gasteiger partial charge in [0.25, 0.3) is 0 Å². The minimum Gasteiger partial charge on any atom is -0.302 e. The molecule has 0 saturated heterocycles. The average Bonchev–Trinajstić information content (AvgIpc) is 2.15. The van der Waals surface area contributed by atoms with Crippen LogP contribution in [0.4, 0.5) is 0 Å². The van der Waals surface area contributed by atoms with Gasteiger partial charge in [-0.15, -0.1) is 0 Å². The Balaban J connectivity index is 3.85. The molecular weight excluding hydrogens is 214 g/mol. The lowest BCUT2D eigenvalue weighted by molar-refractivity contribution is 0.256. The Kier molecular flexibility index (Phi) is 6.48. The third-order valence-corrected chi connectivity index (χ3v) is 3.54. The number of hydrogen-bond acceptors (Lipinski definition) is 4. The summed E-state index contributed by atoms with van der Waals surface area (Å²) in [6, 6.07) is 2.05. The highest BCUT2D eigenvalue weighted by Crippen LogP contribution is 1.98. The van der Waals surface area contributed by atoms with Crippen LogP contribution < -0.4 is 4.72 Å². The van der Waals surface area contributed by atoms with Gasteiger partial charge >= 0.3 is 0 Å². The van der Waals surface area contributed by atoms with E-state index in [9.17, 15) is 8.42 Å². The molecule has 15 heavy (non-hydrogen) atoms. The molecule has 0 aromatic carbocycles. The van der Waals surface area contributed by atoms with E-state index in [4.69, 9.17) is 5.26 Å². The number of nitriles is 1. The van der Waals surface area contributed by atoms with E-state index in [-0.39, 0.29) is 0 Å². The van der Waals surface area contributed by atoms with Gasteiger partial charge in [0.05, 0.1) is 6.07 Å². The predicted molar refractivity (Wildman–Crippen MR) is 59.8 cm³/mol. The molecule has 88 valence electrons. The van der Waals surface area contributed by atoms with Crippen LogP contribution in [0.5, 0.6) is 0 Å². The largest absolute Gasteiger partial charge is 0.302 e. The second kappa shape index (κ2) is 6.77. The number of likely N-dealkylation sites (N-methyl/N-ethyl adjacent to an activating group) is 1. The van der Waals surface area contributed by atoms with Crippen molar-refractivity contribution in [2.75, 3.05) is 25.9 Å². The van der Waals surface area contributed by atoms with Crippen LogP contribution in [-0.4, -0.2) is 45.2 Å². The van der Waals surface area contributed by atoms with E-state index >= 15 is 0 Å². The zero-order valence-corrected chi connectivity index (χ0v) is 10.3. The van der Waals surface area contributed by atoms with Crippen LogP contribution in [0.15, 0.2) is 0 Å². The predicted octanol–water partition coefficient (Wildman–Crippen LogP) is 0.160. The smallest absolute Gasteiger partial charge is 0.225 e. The van der Waals surface area contributed by atoms with Gasteiger partial charge in [-0.2, -0.15) is 5.26 Å². The number of hydrogen-bond donors (Lipinski definition) is 1. The first kappa shape index (κ1) is 14.4. The molecule has 1 unspecified atom stereocenters. The molecule has 1 atom stereocenters. The van der Waals surface area contributed by atoms with Crippen LogP contribution in [0.25, 0.3) is 0 Å². The summed E-state index contributed by atoms with van der Waals surface area (Å²) in [5.41, 5.74) is 0. The standard InChI is InChI=1S/C9H19N3O2S/c1-4-9(2)12(3)7-6-11-15(13,14)8-5-10/h9,11H,4,6-8H2,1-3H3. The van der Waals surface area contributed by atoms with Crippen LogP contribution in [0, 0.1) is 11.3 Å². The molecule has 5 nitrogen and oxygen atoms in total. The molecule has 0 aliphatic carbocycles.